The Kier molecular flexibility index (Phi) is 10.2. The van der Waals surface area contributed by atoms with Gasteiger partial charge in [-0.1, -0.05) is 5.21 Å². The summed E-state index contributed by atoms with van der Waals surface area (Å²) in [5.74, 6) is -0.00747. The lowest BCUT2D eigenvalue weighted by atomic mass is 10.1. The van der Waals surface area contributed by atoms with Gasteiger partial charge in [0.2, 0.25) is 11.9 Å². The number of nitrogens with zero attached hydrogens (tertiary/aromatic N) is 5. The fourth-order valence-electron chi connectivity index (χ4n) is 3.47. The number of aryl methyl sites for hydroxylation is 1. The maximum absolute atomic E-state index is 12.7. The summed E-state index contributed by atoms with van der Waals surface area (Å²) in [6, 6.07) is -0.409. The number of hydrogen-bond donors (Lipinski definition) is 2. The lowest BCUT2D eigenvalue weighted by Gasteiger charge is -2.29. The molecule has 12 heteroatoms. The molecule has 3 amide bonds. The van der Waals surface area contributed by atoms with Crippen LogP contribution in [0.1, 0.15) is 85.9 Å². The summed E-state index contributed by atoms with van der Waals surface area (Å²) in [6.45, 7) is 14.2. The molecule has 1 aromatic heterocycles. The number of likely N-dealkylation sites (tertiary alicyclic amines) is 1. The van der Waals surface area contributed by atoms with Crippen LogP contribution in [-0.2, 0) is 20.7 Å². The average molecular weight is 508 g/mol. The Morgan fingerprint density at radius 2 is 1.69 bits per heavy atom. The molecule has 2 heterocycles. The van der Waals surface area contributed by atoms with E-state index in [4.69, 9.17) is 9.47 Å². The second kappa shape index (κ2) is 12.7. The summed E-state index contributed by atoms with van der Waals surface area (Å²) in [5.41, 5.74) is -0.698. The van der Waals surface area contributed by atoms with E-state index < -0.39 is 29.4 Å². The number of rotatable bonds is 6. The molecule has 0 aliphatic carbocycles. The van der Waals surface area contributed by atoms with Gasteiger partial charge < -0.3 is 19.7 Å². The second-order valence-electron chi connectivity index (χ2n) is 10.8. The number of piperidine rings is 1. The molecule has 1 fully saturated rings. The third-order valence-corrected chi connectivity index (χ3v) is 5.10. The Hall–Kier alpha value is -3.18. The van der Waals surface area contributed by atoms with Gasteiger partial charge in [0, 0.05) is 25.8 Å². The van der Waals surface area contributed by atoms with Crippen LogP contribution < -0.4 is 10.6 Å². The zero-order valence-corrected chi connectivity index (χ0v) is 22.6. The zero-order chi connectivity index (χ0) is 26.9. The molecule has 0 bridgehead atoms. The van der Waals surface area contributed by atoms with E-state index in [0.29, 0.717) is 19.4 Å². The van der Waals surface area contributed by atoms with Gasteiger partial charge in [-0.15, -0.1) is 10.1 Å². The highest BCUT2D eigenvalue weighted by atomic mass is 16.6. The van der Waals surface area contributed by atoms with Crippen LogP contribution in [0.5, 0.6) is 0 Å². The fourth-order valence-corrected chi connectivity index (χ4v) is 3.47. The number of nitrogens with one attached hydrogen (secondary N) is 2. The summed E-state index contributed by atoms with van der Waals surface area (Å²) >= 11 is 0. The fraction of sp³-hybridized carbons (Fsp3) is 0.750. The third-order valence-electron chi connectivity index (χ3n) is 5.10. The van der Waals surface area contributed by atoms with Gasteiger partial charge in [-0.3, -0.25) is 10.1 Å². The van der Waals surface area contributed by atoms with Crippen LogP contribution in [0.2, 0.25) is 0 Å². The van der Waals surface area contributed by atoms with Crippen LogP contribution in [0.25, 0.3) is 0 Å². The molecule has 1 atom stereocenters. The van der Waals surface area contributed by atoms with Crippen molar-refractivity contribution in [3.05, 3.63) is 11.9 Å². The van der Waals surface area contributed by atoms with E-state index in [1.54, 1.807) is 52.4 Å². The van der Waals surface area contributed by atoms with E-state index in [0.717, 1.165) is 38.0 Å². The first-order valence-corrected chi connectivity index (χ1v) is 12.5. The number of amides is 3. The van der Waals surface area contributed by atoms with Gasteiger partial charge in [0.25, 0.3) is 0 Å². The number of guanidine groups is 1. The van der Waals surface area contributed by atoms with Crippen LogP contribution in [-0.4, -0.2) is 74.8 Å². The molecule has 2 N–H and O–H groups in total. The molecule has 1 saturated heterocycles. The number of aromatic nitrogens is 3. The number of ether oxygens (including phenoxy) is 2. The normalized spacial score (nSPS) is 15.8. The molecule has 2 rings (SSSR count). The first kappa shape index (κ1) is 29.1. The number of aliphatic imine (C=N–C) groups is 1. The maximum Gasteiger partial charge on any atom is 0.437 e. The average Bonchev–Trinajstić information content (AvgIpc) is 3.22. The number of alkyl carbamates (subject to hydrolysis) is 1. The molecular weight excluding hydrogens is 466 g/mol. The molecule has 0 unspecified atom stereocenters. The molecule has 0 radical (unpaired) electrons. The van der Waals surface area contributed by atoms with Crippen molar-refractivity contribution < 1.29 is 23.9 Å². The van der Waals surface area contributed by atoms with E-state index in [1.807, 2.05) is 11.8 Å². The molecular formula is C24H41N7O5. The number of carbonyl (C=O) groups excluding carboxylic acids is 3. The summed E-state index contributed by atoms with van der Waals surface area (Å²) in [4.78, 5) is 42.7. The predicted molar refractivity (Wildman–Crippen MR) is 135 cm³/mol. The Morgan fingerprint density at radius 1 is 1.06 bits per heavy atom. The van der Waals surface area contributed by atoms with Gasteiger partial charge in [0.05, 0.1) is 5.69 Å². The topological polar surface area (TPSA) is 140 Å². The summed E-state index contributed by atoms with van der Waals surface area (Å²) in [7, 11) is 0. The van der Waals surface area contributed by atoms with E-state index in [1.165, 1.54) is 0 Å². The zero-order valence-electron chi connectivity index (χ0n) is 22.6. The molecule has 1 aliphatic rings. The van der Waals surface area contributed by atoms with E-state index in [9.17, 15) is 14.4 Å². The van der Waals surface area contributed by atoms with Crippen molar-refractivity contribution in [2.24, 2.45) is 4.99 Å². The second-order valence-corrected chi connectivity index (χ2v) is 10.8. The highest BCUT2D eigenvalue weighted by Crippen LogP contribution is 2.15. The van der Waals surface area contributed by atoms with E-state index in [-0.39, 0.29) is 11.9 Å². The minimum absolute atomic E-state index is 0.0593. The van der Waals surface area contributed by atoms with Crippen LogP contribution in [0, 0.1) is 0 Å². The Bertz CT molecular complexity index is 924. The van der Waals surface area contributed by atoms with Crippen molar-refractivity contribution in [3.63, 3.8) is 0 Å². The summed E-state index contributed by atoms with van der Waals surface area (Å²) < 4.78 is 12.0. The molecule has 0 aromatic carbocycles. The standard InChI is InChI=1S/C24H41N7O5/c1-17(19(32)30-14-9-8-10-15-30)31-16-18(28-29-31)12-11-13-25-20(26-21(33)35-23(2,3)4)27-22(34)36-24(5,6)7/h16-17H,8-15H2,1-7H3,(H2,25,26,27,33,34)/t17-/m0/s1. The van der Waals surface area contributed by atoms with Gasteiger partial charge in [-0.05, 0) is 80.6 Å². The molecule has 36 heavy (non-hydrogen) atoms. The predicted octanol–water partition coefficient (Wildman–Crippen LogP) is 3.19. The quantitative estimate of drug-likeness (QED) is 0.340. The van der Waals surface area contributed by atoms with Gasteiger partial charge in [-0.2, -0.15) is 0 Å². The van der Waals surface area contributed by atoms with Crippen LogP contribution in [0.3, 0.4) is 0 Å². The minimum Gasteiger partial charge on any atom is -0.444 e. The lowest BCUT2D eigenvalue weighted by molar-refractivity contribution is -0.135. The first-order valence-electron chi connectivity index (χ1n) is 12.5. The molecule has 12 nitrogen and oxygen atoms in total. The van der Waals surface area contributed by atoms with Gasteiger partial charge in [0.15, 0.2) is 0 Å². The van der Waals surface area contributed by atoms with Crippen molar-refractivity contribution in [2.45, 2.75) is 97.8 Å². The van der Waals surface area contributed by atoms with Crippen molar-refractivity contribution >= 4 is 24.1 Å². The lowest BCUT2D eigenvalue weighted by Crippen LogP contribution is -2.44. The monoisotopic (exact) mass is 507 g/mol. The largest absolute Gasteiger partial charge is 0.444 e. The molecule has 0 saturated carbocycles. The van der Waals surface area contributed by atoms with Gasteiger partial charge in [0.1, 0.15) is 17.2 Å². The number of hydrogen-bond acceptors (Lipinski definition) is 7. The van der Waals surface area contributed by atoms with Gasteiger partial charge >= 0.3 is 12.2 Å². The summed E-state index contributed by atoms with van der Waals surface area (Å²) in [5, 5.41) is 13.7. The van der Waals surface area contributed by atoms with Crippen molar-refractivity contribution in [1.29, 1.82) is 0 Å². The Labute approximate surface area is 213 Å². The molecule has 0 spiro atoms. The van der Waals surface area contributed by atoms with Crippen LogP contribution in [0.4, 0.5) is 9.59 Å². The SMILES string of the molecule is C[C@@H](C(=O)N1CCCCC1)n1cc(CCCN/C(=N\C(=O)OC(C)(C)C)NC(=O)OC(C)(C)C)nn1. The van der Waals surface area contributed by atoms with Crippen LogP contribution >= 0.6 is 0 Å². The van der Waals surface area contributed by atoms with Crippen molar-refractivity contribution in [3.8, 4) is 0 Å². The van der Waals surface area contributed by atoms with Crippen LogP contribution in [0.15, 0.2) is 11.2 Å². The first-order chi connectivity index (χ1) is 16.7. The highest BCUT2D eigenvalue weighted by molar-refractivity contribution is 5.98. The third kappa shape index (κ3) is 10.6. The van der Waals surface area contributed by atoms with Crippen molar-refractivity contribution in [1.82, 2.24) is 30.5 Å². The molecule has 1 aliphatic heterocycles. The smallest absolute Gasteiger partial charge is 0.437 e. The minimum atomic E-state index is -0.837. The Balaban J connectivity index is 1.91. The van der Waals surface area contributed by atoms with E-state index >= 15 is 0 Å². The van der Waals surface area contributed by atoms with Crippen molar-refractivity contribution in [2.75, 3.05) is 19.6 Å². The number of carbonyl (C=O) groups is 3. The van der Waals surface area contributed by atoms with Gasteiger partial charge in [-0.25, -0.2) is 14.3 Å². The highest BCUT2D eigenvalue weighted by Gasteiger charge is 2.24. The summed E-state index contributed by atoms with van der Waals surface area (Å²) in [6.07, 6.45) is 4.62. The van der Waals surface area contributed by atoms with E-state index in [2.05, 4.69) is 25.9 Å². The molecule has 202 valence electrons. The maximum atomic E-state index is 12.7. The molecule has 1 aromatic rings. The Morgan fingerprint density at radius 3 is 2.31 bits per heavy atom.